The van der Waals surface area contributed by atoms with Gasteiger partial charge in [-0.2, -0.15) is 0 Å². The molecular formula is C19H27NS. The molecule has 0 saturated heterocycles. The largest absolute Gasteiger partial charge is 0.317 e. The Bertz CT molecular complexity index is 598. The van der Waals surface area contributed by atoms with Crippen LogP contribution < -0.4 is 5.32 Å². The number of hydrogen-bond acceptors (Lipinski definition) is 2. The third-order valence-corrected chi connectivity index (χ3v) is 6.08. The van der Waals surface area contributed by atoms with Gasteiger partial charge in [0.25, 0.3) is 0 Å². The molecule has 2 aromatic rings. The Balaban J connectivity index is 1.96. The van der Waals surface area contributed by atoms with Gasteiger partial charge in [0, 0.05) is 4.70 Å². The topological polar surface area (TPSA) is 12.0 Å². The van der Waals surface area contributed by atoms with Crippen molar-refractivity contribution in [2.75, 3.05) is 13.1 Å². The lowest BCUT2D eigenvalue weighted by molar-refractivity contribution is 0.161. The Labute approximate surface area is 132 Å². The van der Waals surface area contributed by atoms with Crippen molar-refractivity contribution < 1.29 is 0 Å². The number of benzene rings is 1. The van der Waals surface area contributed by atoms with Crippen molar-refractivity contribution in [3.63, 3.8) is 0 Å². The number of thiophene rings is 1. The molecule has 0 aliphatic heterocycles. The van der Waals surface area contributed by atoms with E-state index in [-0.39, 0.29) is 0 Å². The van der Waals surface area contributed by atoms with Gasteiger partial charge < -0.3 is 5.32 Å². The first-order chi connectivity index (χ1) is 10.1. The fourth-order valence-electron chi connectivity index (χ4n) is 3.89. The normalized spacial score (nSPS) is 25.3. The number of fused-ring (bicyclic) bond motifs is 1. The van der Waals surface area contributed by atoms with Gasteiger partial charge in [-0.05, 0) is 72.0 Å². The van der Waals surface area contributed by atoms with Crippen molar-refractivity contribution in [3.05, 3.63) is 35.2 Å². The maximum atomic E-state index is 3.59. The number of nitrogens with one attached hydrogen (secondary N) is 1. The van der Waals surface area contributed by atoms with E-state index in [1.165, 1.54) is 35.9 Å². The lowest BCUT2D eigenvalue weighted by Gasteiger charge is -2.41. The molecule has 1 aromatic heterocycles. The molecule has 2 heteroatoms. The molecule has 0 bridgehead atoms. The predicted octanol–water partition coefficient (Wildman–Crippen LogP) is 5.42. The van der Waals surface area contributed by atoms with Crippen LogP contribution in [0.2, 0.25) is 0 Å². The van der Waals surface area contributed by atoms with E-state index >= 15 is 0 Å². The average molecular weight is 301 g/mol. The van der Waals surface area contributed by atoms with Gasteiger partial charge in [0.15, 0.2) is 0 Å². The average Bonchev–Trinajstić information content (AvgIpc) is 2.93. The van der Waals surface area contributed by atoms with Crippen LogP contribution in [0.4, 0.5) is 0 Å². The van der Waals surface area contributed by atoms with Crippen molar-refractivity contribution in [2.24, 2.45) is 11.3 Å². The lowest BCUT2D eigenvalue weighted by atomic mass is 9.65. The summed E-state index contributed by atoms with van der Waals surface area (Å²) in [7, 11) is 0. The highest BCUT2D eigenvalue weighted by Gasteiger charge is 2.36. The quantitative estimate of drug-likeness (QED) is 0.795. The Hall–Kier alpha value is -0.860. The molecule has 1 heterocycles. The minimum atomic E-state index is 0.479. The molecule has 1 saturated carbocycles. The highest BCUT2D eigenvalue weighted by atomic mass is 32.1. The van der Waals surface area contributed by atoms with E-state index in [2.05, 4.69) is 55.7 Å². The van der Waals surface area contributed by atoms with Crippen LogP contribution in [0.15, 0.2) is 29.6 Å². The Morgan fingerprint density at radius 3 is 2.95 bits per heavy atom. The van der Waals surface area contributed by atoms with Crippen molar-refractivity contribution >= 4 is 21.4 Å². The van der Waals surface area contributed by atoms with E-state index in [0.29, 0.717) is 11.3 Å². The van der Waals surface area contributed by atoms with Gasteiger partial charge in [-0.3, -0.25) is 0 Å². The van der Waals surface area contributed by atoms with Crippen LogP contribution in [0.25, 0.3) is 10.1 Å². The van der Waals surface area contributed by atoms with Crippen LogP contribution in [0.3, 0.4) is 0 Å². The van der Waals surface area contributed by atoms with Crippen molar-refractivity contribution in [1.29, 1.82) is 0 Å². The molecule has 1 aromatic carbocycles. The van der Waals surface area contributed by atoms with Crippen molar-refractivity contribution in [1.82, 2.24) is 5.32 Å². The van der Waals surface area contributed by atoms with E-state index in [0.717, 1.165) is 12.5 Å². The summed E-state index contributed by atoms with van der Waals surface area (Å²) in [6.07, 6.45) is 4.03. The van der Waals surface area contributed by atoms with E-state index in [9.17, 15) is 0 Å². The summed E-state index contributed by atoms with van der Waals surface area (Å²) in [5.41, 5.74) is 2.07. The van der Waals surface area contributed by atoms with Gasteiger partial charge >= 0.3 is 0 Å². The van der Waals surface area contributed by atoms with E-state index in [1.807, 2.05) is 11.3 Å². The summed E-state index contributed by atoms with van der Waals surface area (Å²) >= 11 is 1.91. The molecule has 2 atom stereocenters. The minimum absolute atomic E-state index is 0.479. The molecule has 1 aliphatic carbocycles. The predicted molar refractivity (Wildman–Crippen MR) is 94.2 cm³/mol. The first-order valence-corrected chi connectivity index (χ1v) is 9.15. The smallest absolute Gasteiger partial charge is 0.0377 e. The fourth-order valence-corrected chi connectivity index (χ4v) is 4.87. The maximum Gasteiger partial charge on any atom is 0.0377 e. The molecule has 114 valence electrons. The standard InChI is InChI=1S/C19H27NS/c1-4-20-13-15-8-10-19(2,3)12-17(15)16-7-5-6-14-9-11-21-18(14)16/h5-7,9,11,15,17,20H,4,8,10,12-13H2,1-3H3. The molecule has 3 rings (SSSR count). The molecule has 1 nitrogen and oxygen atoms in total. The Kier molecular flexibility index (Phi) is 4.37. The monoisotopic (exact) mass is 301 g/mol. The van der Waals surface area contributed by atoms with Gasteiger partial charge in [-0.1, -0.05) is 39.0 Å². The second-order valence-electron chi connectivity index (χ2n) is 7.27. The fraction of sp³-hybridized carbons (Fsp3) is 0.579. The Morgan fingerprint density at radius 1 is 1.29 bits per heavy atom. The summed E-state index contributed by atoms with van der Waals surface area (Å²) in [5, 5.41) is 7.25. The summed E-state index contributed by atoms with van der Waals surface area (Å²) in [4.78, 5) is 0. The molecule has 0 radical (unpaired) electrons. The van der Waals surface area contributed by atoms with Gasteiger partial charge in [0.05, 0.1) is 0 Å². The zero-order valence-electron chi connectivity index (χ0n) is 13.5. The van der Waals surface area contributed by atoms with Crippen LogP contribution in [-0.4, -0.2) is 13.1 Å². The Morgan fingerprint density at radius 2 is 2.14 bits per heavy atom. The zero-order valence-corrected chi connectivity index (χ0v) is 14.3. The molecule has 1 N–H and O–H groups in total. The van der Waals surface area contributed by atoms with Crippen LogP contribution in [0.1, 0.15) is 51.5 Å². The van der Waals surface area contributed by atoms with Crippen LogP contribution in [0, 0.1) is 11.3 Å². The van der Waals surface area contributed by atoms with E-state index < -0.39 is 0 Å². The first-order valence-electron chi connectivity index (χ1n) is 8.27. The second-order valence-corrected chi connectivity index (χ2v) is 8.18. The lowest BCUT2D eigenvalue weighted by Crippen LogP contribution is -2.34. The number of hydrogen-bond donors (Lipinski definition) is 1. The minimum Gasteiger partial charge on any atom is -0.317 e. The van der Waals surface area contributed by atoms with Crippen LogP contribution in [-0.2, 0) is 0 Å². The third kappa shape index (κ3) is 3.17. The molecule has 21 heavy (non-hydrogen) atoms. The zero-order chi connectivity index (χ0) is 14.9. The van der Waals surface area contributed by atoms with E-state index in [1.54, 1.807) is 5.56 Å². The van der Waals surface area contributed by atoms with Gasteiger partial charge in [0.2, 0.25) is 0 Å². The molecule has 0 spiro atoms. The van der Waals surface area contributed by atoms with E-state index in [4.69, 9.17) is 0 Å². The SMILES string of the molecule is CCNCC1CCC(C)(C)CC1c1cccc2ccsc12. The van der Waals surface area contributed by atoms with Crippen molar-refractivity contribution in [3.8, 4) is 0 Å². The third-order valence-electron chi connectivity index (χ3n) is 5.10. The van der Waals surface area contributed by atoms with Gasteiger partial charge in [-0.25, -0.2) is 0 Å². The van der Waals surface area contributed by atoms with Gasteiger partial charge in [0.1, 0.15) is 0 Å². The summed E-state index contributed by atoms with van der Waals surface area (Å²) in [6.45, 7) is 9.34. The summed E-state index contributed by atoms with van der Waals surface area (Å²) in [6, 6.07) is 9.14. The highest BCUT2D eigenvalue weighted by molar-refractivity contribution is 7.17. The maximum absolute atomic E-state index is 3.59. The highest BCUT2D eigenvalue weighted by Crippen LogP contribution is 2.48. The van der Waals surface area contributed by atoms with Crippen LogP contribution >= 0.6 is 11.3 Å². The van der Waals surface area contributed by atoms with Crippen LogP contribution in [0.5, 0.6) is 0 Å². The first kappa shape index (κ1) is 15.1. The summed E-state index contributed by atoms with van der Waals surface area (Å²) in [5.74, 6) is 1.49. The van der Waals surface area contributed by atoms with Crippen molar-refractivity contribution in [2.45, 2.75) is 46.0 Å². The van der Waals surface area contributed by atoms with Gasteiger partial charge in [-0.15, -0.1) is 11.3 Å². The summed E-state index contributed by atoms with van der Waals surface area (Å²) < 4.78 is 1.52. The molecule has 2 unspecified atom stereocenters. The molecule has 1 aliphatic rings. The molecular weight excluding hydrogens is 274 g/mol. The molecule has 0 amide bonds. The number of rotatable bonds is 4. The molecule has 1 fully saturated rings. The second kappa shape index (κ2) is 6.10.